The van der Waals surface area contributed by atoms with Gasteiger partial charge in [0.15, 0.2) is 11.6 Å². The average Bonchev–Trinajstić information content (AvgIpc) is 2.44. The van der Waals surface area contributed by atoms with E-state index in [1.807, 2.05) is 27.7 Å². The van der Waals surface area contributed by atoms with E-state index in [2.05, 4.69) is 5.32 Å². The van der Waals surface area contributed by atoms with Gasteiger partial charge in [-0.3, -0.25) is 0 Å². The van der Waals surface area contributed by atoms with Crippen LogP contribution < -0.4 is 5.32 Å². The lowest BCUT2D eigenvalue weighted by molar-refractivity contribution is 0.0252. The second-order valence-electron chi connectivity index (χ2n) is 6.36. The zero-order valence-corrected chi connectivity index (χ0v) is 14.3. The molecular weight excluding hydrogens is 302 g/mol. The van der Waals surface area contributed by atoms with Crippen molar-refractivity contribution in [1.82, 2.24) is 10.2 Å². The summed E-state index contributed by atoms with van der Waals surface area (Å²) in [4.78, 5) is 13.7. The predicted molar refractivity (Wildman–Crippen MR) is 86.2 cm³/mol. The Morgan fingerprint density at radius 3 is 2.57 bits per heavy atom. The third kappa shape index (κ3) is 6.95. The maximum atomic E-state index is 13.5. The molecule has 6 heteroatoms. The molecule has 0 unspecified atom stereocenters. The third-order valence-electron chi connectivity index (χ3n) is 3.05. The van der Waals surface area contributed by atoms with Gasteiger partial charge in [-0.25, -0.2) is 13.6 Å². The lowest BCUT2D eigenvalue weighted by Crippen LogP contribution is -2.40. The first-order valence-electron chi connectivity index (χ1n) is 7.86. The summed E-state index contributed by atoms with van der Waals surface area (Å²) in [7, 11) is 0. The summed E-state index contributed by atoms with van der Waals surface area (Å²) in [5.74, 6) is -1.69. The van der Waals surface area contributed by atoms with Gasteiger partial charge in [-0.05, 0) is 33.3 Å². The quantitative estimate of drug-likeness (QED) is 0.776. The van der Waals surface area contributed by atoms with E-state index in [0.29, 0.717) is 19.6 Å². The Bertz CT molecular complexity index is 516. The fourth-order valence-electron chi connectivity index (χ4n) is 2.01. The molecule has 4 nitrogen and oxygen atoms in total. The maximum Gasteiger partial charge on any atom is 0.410 e. The number of halogens is 2. The van der Waals surface area contributed by atoms with Gasteiger partial charge in [-0.1, -0.05) is 19.1 Å². The Morgan fingerprint density at radius 1 is 1.26 bits per heavy atom. The summed E-state index contributed by atoms with van der Waals surface area (Å²) in [5, 5.41) is 3.02. The SMILES string of the molecule is CCCN(CCNCc1cccc(F)c1F)C(=O)OC(C)(C)C. The van der Waals surface area contributed by atoms with Crippen LogP contribution in [0.5, 0.6) is 0 Å². The minimum absolute atomic E-state index is 0.206. The Kier molecular flexibility index (Phi) is 7.42. The van der Waals surface area contributed by atoms with Crippen molar-refractivity contribution in [3.8, 4) is 0 Å². The van der Waals surface area contributed by atoms with Crippen LogP contribution in [0.25, 0.3) is 0 Å². The minimum Gasteiger partial charge on any atom is -0.444 e. The van der Waals surface area contributed by atoms with E-state index >= 15 is 0 Å². The van der Waals surface area contributed by atoms with E-state index in [9.17, 15) is 13.6 Å². The Morgan fingerprint density at radius 2 is 1.96 bits per heavy atom. The summed E-state index contributed by atoms with van der Waals surface area (Å²) in [6.45, 7) is 9.14. The average molecular weight is 328 g/mol. The van der Waals surface area contributed by atoms with Crippen molar-refractivity contribution in [1.29, 1.82) is 0 Å². The van der Waals surface area contributed by atoms with E-state index in [4.69, 9.17) is 4.74 Å². The number of carbonyl (C=O) groups excluding carboxylic acids is 1. The van der Waals surface area contributed by atoms with Gasteiger partial charge >= 0.3 is 6.09 Å². The lowest BCUT2D eigenvalue weighted by atomic mass is 10.2. The van der Waals surface area contributed by atoms with E-state index in [0.717, 1.165) is 12.5 Å². The Balaban J connectivity index is 2.47. The number of hydrogen-bond donors (Lipinski definition) is 1. The molecule has 0 aliphatic rings. The summed E-state index contributed by atoms with van der Waals surface area (Å²) in [6.07, 6.45) is 0.454. The highest BCUT2D eigenvalue weighted by Gasteiger charge is 2.21. The molecule has 0 aliphatic carbocycles. The first kappa shape index (κ1) is 19.4. The van der Waals surface area contributed by atoms with Gasteiger partial charge in [0.05, 0.1) is 0 Å². The molecule has 1 aromatic carbocycles. The fourth-order valence-corrected chi connectivity index (χ4v) is 2.01. The maximum absolute atomic E-state index is 13.5. The Hall–Kier alpha value is -1.69. The molecule has 0 fully saturated rings. The highest BCUT2D eigenvalue weighted by Crippen LogP contribution is 2.11. The van der Waals surface area contributed by atoms with Gasteiger partial charge in [0.25, 0.3) is 0 Å². The summed E-state index contributed by atoms with van der Waals surface area (Å²) >= 11 is 0. The van der Waals surface area contributed by atoms with Gasteiger partial charge in [0.2, 0.25) is 0 Å². The second kappa shape index (κ2) is 8.82. The predicted octanol–water partition coefficient (Wildman–Crippen LogP) is 3.70. The summed E-state index contributed by atoms with van der Waals surface area (Å²) < 4.78 is 32.0. The number of amides is 1. The lowest BCUT2D eigenvalue weighted by Gasteiger charge is -2.27. The molecule has 0 saturated heterocycles. The van der Waals surface area contributed by atoms with Gasteiger partial charge in [0, 0.05) is 31.7 Å². The van der Waals surface area contributed by atoms with Crippen molar-refractivity contribution in [2.75, 3.05) is 19.6 Å². The van der Waals surface area contributed by atoms with Crippen molar-refractivity contribution in [2.45, 2.75) is 46.3 Å². The van der Waals surface area contributed by atoms with E-state index in [1.54, 1.807) is 4.90 Å². The van der Waals surface area contributed by atoms with E-state index in [1.165, 1.54) is 12.1 Å². The number of nitrogens with zero attached hydrogens (tertiary/aromatic N) is 1. The monoisotopic (exact) mass is 328 g/mol. The van der Waals surface area contributed by atoms with Crippen LogP contribution in [0.4, 0.5) is 13.6 Å². The molecule has 0 radical (unpaired) electrons. The van der Waals surface area contributed by atoms with Crippen LogP contribution in [0.15, 0.2) is 18.2 Å². The molecule has 1 rings (SSSR count). The first-order valence-corrected chi connectivity index (χ1v) is 7.86. The molecule has 1 amide bonds. The number of benzene rings is 1. The molecule has 0 bridgehead atoms. The fraction of sp³-hybridized carbons (Fsp3) is 0.588. The van der Waals surface area contributed by atoms with E-state index in [-0.39, 0.29) is 18.2 Å². The van der Waals surface area contributed by atoms with Gasteiger partial charge in [0.1, 0.15) is 5.60 Å². The Labute approximate surface area is 136 Å². The number of ether oxygens (including phenoxy) is 1. The minimum atomic E-state index is -0.856. The van der Waals surface area contributed by atoms with Crippen LogP contribution in [0, 0.1) is 11.6 Å². The zero-order chi connectivity index (χ0) is 17.5. The van der Waals surface area contributed by atoms with Crippen LogP contribution >= 0.6 is 0 Å². The van der Waals surface area contributed by atoms with Crippen molar-refractivity contribution in [3.05, 3.63) is 35.4 Å². The van der Waals surface area contributed by atoms with Crippen molar-refractivity contribution in [2.24, 2.45) is 0 Å². The second-order valence-corrected chi connectivity index (χ2v) is 6.36. The summed E-state index contributed by atoms with van der Waals surface area (Å²) in [5.41, 5.74) is -0.273. The molecule has 0 spiro atoms. The molecule has 1 aromatic rings. The number of carbonyl (C=O) groups is 1. The van der Waals surface area contributed by atoms with Crippen molar-refractivity contribution >= 4 is 6.09 Å². The highest BCUT2D eigenvalue weighted by atomic mass is 19.2. The largest absolute Gasteiger partial charge is 0.444 e. The molecular formula is C17H26F2N2O2. The molecule has 130 valence electrons. The number of hydrogen-bond acceptors (Lipinski definition) is 3. The van der Waals surface area contributed by atoms with Gasteiger partial charge in [-0.15, -0.1) is 0 Å². The normalized spacial score (nSPS) is 11.4. The topological polar surface area (TPSA) is 41.6 Å². The molecule has 0 heterocycles. The molecule has 1 N–H and O–H groups in total. The molecule has 0 saturated carbocycles. The van der Waals surface area contributed by atoms with E-state index < -0.39 is 17.2 Å². The molecule has 0 atom stereocenters. The third-order valence-corrected chi connectivity index (χ3v) is 3.05. The van der Waals surface area contributed by atoms with Crippen LogP contribution in [0.2, 0.25) is 0 Å². The van der Waals surface area contributed by atoms with Gasteiger partial charge in [-0.2, -0.15) is 0 Å². The standard InChI is InChI=1S/C17H26F2N2O2/c1-5-10-21(16(22)23-17(2,3)4)11-9-20-12-13-7-6-8-14(18)15(13)19/h6-8,20H,5,9-12H2,1-4H3. The number of nitrogens with one attached hydrogen (secondary N) is 1. The molecule has 0 aliphatic heterocycles. The highest BCUT2D eigenvalue weighted by molar-refractivity contribution is 5.68. The molecule has 0 aromatic heterocycles. The van der Waals surface area contributed by atoms with Crippen molar-refractivity contribution in [3.63, 3.8) is 0 Å². The van der Waals surface area contributed by atoms with Crippen molar-refractivity contribution < 1.29 is 18.3 Å². The zero-order valence-electron chi connectivity index (χ0n) is 14.3. The van der Waals surface area contributed by atoms with Crippen LogP contribution in [-0.2, 0) is 11.3 Å². The molecule has 23 heavy (non-hydrogen) atoms. The smallest absolute Gasteiger partial charge is 0.410 e. The van der Waals surface area contributed by atoms with Gasteiger partial charge < -0.3 is 15.0 Å². The van der Waals surface area contributed by atoms with Crippen LogP contribution in [-0.4, -0.2) is 36.2 Å². The first-order chi connectivity index (χ1) is 10.7. The van der Waals surface area contributed by atoms with Crippen LogP contribution in [0.1, 0.15) is 39.7 Å². The van der Waals surface area contributed by atoms with Crippen LogP contribution in [0.3, 0.4) is 0 Å². The number of rotatable bonds is 7. The summed E-state index contributed by atoms with van der Waals surface area (Å²) in [6, 6.07) is 4.09.